The molecular weight excluding hydrogens is 335 g/mol. The van der Waals surface area contributed by atoms with E-state index < -0.39 is 21.4 Å². The van der Waals surface area contributed by atoms with E-state index >= 15 is 0 Å². The predicted molar refractivity (Wildman–Crippen MR) is 75.7 cm³/mol. The van der Waals surface area contributed by atoms with Crippen LogP contribution in [-0.2, 0) is 10.0 Å². The highest BCUT2D eigenvalue weighted by molar-refractivity contribution is 9.10. The Labute approximate surface area is 121 Å². The third-order valence-corrected chi connectivity index (χ3v) is 6.22. The first-order valence-electron chi connectivity index (χ1n) is 5.93. The van der Waals surface area contributed by atoms with Crippen LogP contribution in [0.2, 0.25) is 0 Å². The lowest BCUT2D eigenvalue weighted by molar-refractivity contribution is 0.292. The summed E-state index contributed by atoms with van der Waals surface area (Å²) >= 11 is 3.00. The molecule has 0 bridgehead atoms. The van der Waals surface area contributed by atoms with Crippen molar-refractivity contribution in [1.29, 1.82) is 0 Å². The summed E-state index contributed by atoms with van der Waals surface area (Å²) in [5.74, 6) is -0.572. The molecule has 0 unspecified atom stereocenters. The smallest absolute Gasteiger partial charge is 0.245 e. The summed E-state index contributed by atoms with van der Waals surface area (Å²) in [6, 6.07) is 2.26. The minimum atomic E-state index is -3.70. The molecule has 0 radical (unpaired) electrons. The Hall–Kier alpha value is -0.660. The summed E-state index contributed by atoms with van der Waals surface area (Å²) < 4.78 is 40.2. The van der Waals surface area contributed by atoms with Crippen molar-refractivity contribution in [2.75, 3.05) is 12.3 Å². The monoisotopic (exact) mass is 350 g/mol. The highest BCUT2D eigenvalue weighted by Crippen LogP contribution is 2.36. The Kier molecular flexibility index (Phi) is 3.66. The van der Waals surface area contributed by atoms with E-state index in [1.165, 1.54) is 10.4 Å². The van der Waals surface area contributed by atoms with Gasteiger partial charge in [-0.15, -0.1) is 0 Å². The molecule has 0 spiro atoms. The van der Waals surface area contributed by atoms with Crippen LogP contribution in [0.15, 0.2) is 21.5 Å². The minimum Gasteiger partial charge on any atom is -0.398 e. The Morgan fingerprint density at radius 1 is 1.42 bits per heavy atom. The molecule has 2 rings (SSSR count). The first-order valence-corrected chi connectivity index (χ1v) is 8.17. The molecule has 0 amide bonds. The van der Waals surface area contributed by atoms with E-state index in [0.717, 1.165) is 18.9 Å². The number of anilines is 1. The SMILES string of the molecule is CC1(C)CCCN1S(=O)(=O)c1cc(Br)c(F)cc1N. The van der Waals surface area contributed by atoms with Crippen LogP contribution in [0.5, 0.6) is 0 Å². The second kappa shape index (κ2) is 4.71. The molecule has 0 aromatic heterocycles. The van der Waals surface area contributed by atoms with Crippen LogP contribution in [0.25, 0.3) is 0 Å². The molecule has 7 heteroatoms. The van der Waals surface area contributed by atoms with E-state index in [0.29, 0.717) is 6.54 Å². The van der Waals surface area contributed by atoms with Crippen LogP contribution in [0.1, 0.15) is 26.7 Å². The molecule has 1 saturated heterocycles. The van der Waals surface area contributed by atoms with Gasteiger partial charge < -0.3 is 5.73 Å². The molecule has 1 aromatic rings. The van der Waals surface area contributed by atoms with Crippen molar-refractivity contribution in [3.8, 4) is 0 Å². The van der Waals surface area contributed by atoms with Gasteiger partial charge in [0.1, 0.15) is 10.7 Å². The van der Waals surface area contributed by atoms with Crippen LogP contribution in [-0.4, -0.2) is 24.8 Å². The quantitative estimate of drug-likeness (QED) is 0.834. The topological polar surface area (TPSA) is 63.4 Å². The number of hydrogen-bond acceptors (Lipinski definition) is 3. The average Bonchev–Trinajstić information content (AvgIpc) is 2.63. The Morgan fingerprint density at radius 2 is 2.05 bits per heavy atom. The van der Waals surface area contributed by atoms with Crippen LogP contribution in [0.4, 0.5) is 10.1 Å². The summed E-state index contributed by atoms with van der Waals surface area (Å²) in [7, 11) is -3.70. The first kappa shape index (κ1) is 14.7. The summed E-state index contributed by atoms with van der Waals surface area (Å²) in [4.78, 5) is -0.0456. The van der Waals surface area contributed by atoms with Gasteiger partial charge in [0.05, 0.1) is 10.2 Å². The van der Waals surface area contributed by atoms with E-state index in [4.69, 9.17) is 5.73 Å². The van der Waals surface area contributed by atoms with Crippen molar-refractivity contribution >= 4 is 31.6 Å². The molecule has 1 aliphatic heterocycles. The third kappa shape index (κ3) is 2.51. The second-order valence-corrected chi connectivity index (χ2v) is 7.98. The van der Waals surface area contributed by atoms with Gasteiger partial charge in [-0.05, 0) is 54.8 Å². The predicted octanol–water partition coefficient (Wildman–Crippen LogP) is 2.73. The van der Waals surface area contributed by atoms with Gasteiger partial charge in [0.15, 0.2) is 0 Å². The van der Waals surface area contributed by atoms with Gasteiger partial charge in [-0.2, -0.15) is 4.31 Å². The van der Waals surface area contributed by atoms with E-state index in [1.807, 2.05) is 13.8 Å². The lowest BCUT2D eigenvalue weighted by Crippen LogP contribution is -2.42. The van der Waals surface area contributed by atoms with Gasteiger partial charge in [-0.1, -0.05) is 0 Å². The molecule has 1 aliphatic rings. The second-order valence-electron chi connectivity index (χ2n) is 5.30. The van der Waals surface area contributed by atoms with Gasteiger partial charge >= 0.3 is 0 Å². The van der Waals surface area contributed by atoms with E-state index in [1.54, 1.807) is 0 Å². The molecule has 0 aliphatic carbocycles. The summed E-state index contributed by atoms with van der Waals surface area (Å²) in [5, 5.41) is 0. The van der Waals surface area contributed by atoms with Crippen molar-refractivity contribution in [2.45, 2.75) is 37.1 Å². The van der Waals surface area contributed by atoms with Crippen LogP contribution < -0.4 is 5.73 Å². The van der Waals surface area contributed by atoms with Gasteiger partial charge in [-0.3, -0.25) is 0 Å². The van der Waals surface area contributed by atoms with Crippen molar-refractivity contribution in [1.82, 2.24) is 4.31 Å². The van der Waals surface area contributed by atoms with E-state index in [2.05, 4.69) is 15.9 Å². The van der Waals surface area contributed by atoms with Crippen LogP contribution >= 0.6 is 15.9 Å². The van der Waals surface area contributed by atoms with E-state index in [9.17, 15) is 12.8 Å². The first-order chi connectivity index (χ1) is 8.66. The Morgan fingerprint density at radius 3 is 2.58 bits per heavy atom. The number of sulfonamides is 1. The molecule has 19 heavy (non-hydrogen) atoms. The summed E-state index contributed by atoms with van der Waals surface area (Å²) in [6.45, 7) is 4.22. The van der Waals surface area contributed by atoms with Gasteiger partial charge in [-0.25, -0.2) is 12.8 Å². The zero-order valence-corrected chi connectivity index (χ0v) is 13.2. The van der Waals surface area contributed by atoms with Gasteiger partial charge in [0.25, 0.3) is 0 Å². The molecule has 1 aromatic carbocycles. The zero-order valence-electron chi connectivity index (χ0n) is 10.8. The fourth-order valence-electron chi connectivity index (χ4n) is 2.41. The molecule has 4 nitrogen and oxygen atoms in total. The lowest BCUT2D eigenvalue weighted by atomic mass is 10.0. The van der Waals surface area contributed by atoms with E-state index in [-0.39, 0.29) is 15.1 Å². The number of rotatable bonds is 2. The highest BCUT2D eigenvalue weighted by Gasteiger charge is 2.41. The largest absolute Gasteiger partial charge is 0.398 e. The fourth-order valence-corrected chi connectivity index (χ4v) is 4.88. The standard InChI is InChI=1S/C12H16BrFN2O2S/c1-12(2)4-3-5-16(12)19(17,18)11-6-8(13)9(14)7-10(11)15/h6-7H,3-5,15H2,1-2H3. The Bertz CT molecular complexity index is 616. The van der Waals surface area contributed by atoms with Crippen molar-refractivity contribution in [3.63, 3.8) is 0 Å². The number of nitrogens with two attached hydrogens (primary N) is 1. The molecule has 106 valence electrons. The highest BCUT2D eigenvalue weighted by atomic mass is 79.9. The summed E-state index contributed by atoms with van der Waals surface area (Å²) in [6.07, 6.45) is 1.61. The number of halogens is 2. The maximum atomic E-state index is 13.3. The Balaban J connectivity index is 2.55. The normalized spacial score (nSPS) is 19.8. The molecule has 0 atom stereocenters. The molecule has 1 heterocycles. The molecule has 2 N–H and O–H groups in total. The lowest BCUT2D eigenvalue weighted by Gasteiger charge is -2.31. The minimum absolute atomic E-state index is 0.0456. The van der Waals surface area contributed by atoms with Crippen molar-refractivity contribution < 1.29 is 12.8 Å². The molecule has 1 fully saturated rings. The number of benzene rings is 1. The van der Waals surface area contributed by atoms with Crippen LogP contribution in [0, 0.1) is 5.82 Å². The number of nitrogens with zero attached hydrogens (tertiary/aromatic N) is 1. The van der Waals surface area contributed by atoms with Gasteiger partial charge in [0.2, 0.25) is 10.0 Å². The number of nitrogen functional groups attached to an aromatic ring is 1. The molecular formula is C12H16BrFN2O2S. The van der Waals surface area contributed by atoms with Crippen molar-refractivity contribution in [3.05, 3.63) is 22.4 Å². The van der Waals surface area contributed by atoms with Crippen molar-refractivity contribution in [2.24, 2.45) is 0 Å². The fraction of sp³-hybridized carbons (Fsp3) is 0.500. The zero-order chi connectivity index (χ0) is 14.4. The third-order valence-electron chi connectivity index (χ3n) is 3.45. The maximum Gasteiger partial charge on any atom is 0.245 e. The van der Waals surface area contributed by atoms with Crippen LogP contribution in [0.3, 0.4) is 0 Å². The molecule has 0 saturated carbocycles. The summed E-state index contributed by atoms with van der Waals surface area (Å²) in [5.41, 5.74) is 5.16. The average molecular weight is 351 g/mol. The maximum absolute atomic E-state index is 13.3. The number of hydrogen-bond donors (Lipinski definition) is 1. The van der Waals surface area contributed by atoms with Gasteiger partial charge in [0, 0.05) is 12.1 Å².